The summed E-state index contributed by atoms with van der Waals surface area (Å²) >= 11 is 0. The van der Waals surface area contributed by atoms with Gasteiger partial charge in [-0.25, -0.2) is 0 Å². The fourth-order valence-corrected chi connectivity index (χ4v) is 0. The molecule has 112 N–H and O–H groups in total. The zero-order chi connectivity index (χ0) is 0. The summed E-state index contributed by atoms with van der Waals surface area (Å²) in [6, 6.07) is 0. The Balaban J connectivity index is 0. The van der Waals surface area contributed by atoms with Gasteiger partial charge in [0.05, 0.1) is 0 Å². The summed E-state index contributed by atoms with van der Waals surface area (Å²) in [5.74, 6) is 0. The van der Waals surface area contributed by atoms with Gasteiger partial charge in [-0.3, -0.25) is 0 Å². The van der Waals surface area contributed by atoms with E-state index >= 15 is 0 Å². The summed E-state index contributed by atoms with van der Waals surface area (Å²) in [6.45, 7) is 0. The molecule has 0 amide bonds. The van der Waals surface area contributed by atoms with Crippen LogP contribution < -0.4 is 0 Å². The Morgan fingerprint density at radius 1 is 0.0339 bits per heavy atom. The molecule has 0 aliphatic carbocycles. The van der Waals surface area contributed by atoms with Crippen LogP contribution in [0.15, 0.2) is 0 Å². The minimum absolute atomic E-state index is 0. The van der Waals surface area contributed by atoms with Crippen LogP contribution in [0.3, 0.4) is 0 Å². The molecular formula is H115Na3O56. The molecule has 0 radical (unpaired) electrons. The quantitative estimate of drug-likeness (QED) is 0.204. The van der Waals surface area contributed by atoms with Gasteiger partial charge in [0, 0.05) is 0 Å². The van der Waals surface area contributed by atoms with Gasteiger partial charge in [0.1, 0.15) is 0 Å². The van der Waals surface area contributed by atoms with E-state index in [0.717, 1.165) is 0 Å². The Hall–Kier alpha value is 0.760. The van der Waals surface area contributed by atoms with Crippen LogP contribution in [0.25, 0.3) is 0 Å². The van der Waals surface area contributed by atoms with Gasteiger partial charge >= 0.3 is 88.7 Å². The summed E-state index contributed by atoms with van der Waals surface area (Å²) in [6.07, 6.45) is 0. The van der Waals surface area contributed by atoms with Gasteiger partial charge < -0.3 is 307 Å². The third kappa shape index (κ3) is 328000. The predicted molar refractivity (Wildman–Crippen MR) is 224 cm³/mol. The molecular weight excluding hydrogens is 965 g/mol. The Morgan fingerprint density at radius 2 is 0.0339 bits per heavy atom. The average molecular weight is 1080 g/mol. The Kier molecular flexibility index (Phi) is 2050000000. The zero-order valence-electron chi connectivity index (χ0n) is 28.0. The van der Waals surface area contributed by atoms with Crippen LogP contribution in [0.2, 0.25) is 0 Å². The normalized spacial score (nSPS) is 0. The van der Waals surface area contributed by atoms with E-state index < -0.39 is 0 Å². The number of hydrogen-bond acceptors (Lipinski definition) is 0. The molecule has 59 heavy (non-hydrogen) atoms. The van der Waals surface area contributed by atoms with Crippen LogP contribution in [0.1, 0.15) is 0 Å². The van der Waals surface area contributed by atoms with Crippen molar-refractivity contribution in [3.8, 4) is 0 Å². The molecule has 0 fully saturated rings. The monoisotopic (exact) mass is 1080 g/mol. The van der Waals surface area contributed by atoms with Gasteiger partial charge in [0.15, 0.2) is 0 Å². The van der Waals surface area contributed by atoms with Gasteiger partial charge in [0.2, 0.25) is 0 Å². The Labute approximate surface area is 394 Å². The van der Waals surface area contributed by atoms with E-state index in [4.69, 9.17) is 0 Å². The van der Waals surface area contributed by atoms with Crippen molar-refractivity contribution in [1.29, 1.82) is 0 Å². The predicted octanol–water partition coefficient (Wildman–Crippen LogP) is -48.1. The molecule has 0 saturated heterocycles. The van der Waals surface area contributed by atoms with Crippen LogP contribution in [-0.4, -0.2) is 395 Å². The molecule has 0 bridgehead atoms. The zero-order valence-corrected chi connectivity index (χ0v) is 28.0. The van der Waals surface area contributed by atoms with E-state index in [-0.39, 0.29) is 395 Å². The SMILES string of the molecule is O.O.O.O.O.O.O.O.O.O.O.O.O.O.O.O.O.O.O.O.O.O.O.O.O.O.O.O.O.O.O.O.O.O.O.O.O.O.O.O.O.O.O.O.O.O.O.O.O.O.O.O.O.O.O.O.[NaH].[NaH].[NaH]. The molecule has 0 aromatic rings. The Morgan fingerprint density at radius 3 is 0.0339 bits per heavy atom. The molecule has 0 aromatic carbocycles. The molecule has 0 aromatic heterocycles. The maximum atomic E-state index is 0. The number of hydrogen-bond donors (Lipinski definition) is 0. The summed E-state index contributed by atoms with van der Waals surface area (Å²) < 4.78 is 0. The second-order valence-corrected chi connectivity index (χ2v) is 0. The van der Waals surface area contributed by atoms with Crippen molar-refractivity contribution in [2.75, 3.05) is 0 Å². The van der Waals surface area contributed by atoms with Crippen molar-refractivity contribution in [3.63, 3.8) is 0 Å². The second kappa shape index (κ2) is 339000. The summed E-state index contributed by atoms with van der Waals surface area (Å²) in [4.78, 5) is 0. The second-order valence-electron chi connectivity index (χ2n) is 0. The molecule has 0 spiro atoms. The van der Waals surface area contributed by atoms with E-state index in [0.29, 0.717) is 0 Å². The summed E-state index contributed by atoms with van der Waals surface area (Å²) in [7, 11) is 0. The van der Waals surface area contributed by atoms with E-state index in [1.165, 1.54) is 0 Å². The van der Waals surface area contributed by atoms with Crippen molar-refractivity contribution in [2.45, 2.75) is 0 Å². The third-order valence-electron chi connectivity index (χ3n) is 0. The fourth-order valence-electron chi connectivity index (χ4n) is 0. The molecule has 56 nitrogen and oxygen atoms in total. The van der Waals surface area contributed by atoms with Gasteiger partial charge in [0.25, 0.3) is 0 Å². The van der Waals surface area contributed by atoms with Gasteiger partial charge in [-0.05, 0) is 0 Å². The first-order chi connectivity index (χ1) is 0. The topological polar surface area (TPSA) is 1760 Å². The minimum atomic E-state index is 0. The van der Waals surface area contributed by atoms with E-state index in [1.54, 1.807) is 0 Å². The third-order valence-corrected chi connectivity index (χ3v) is 0. The number of rotatable bonds is 0. The first-order valence-corrected chi connectivity index (χ1v) is 0. The molecule has 0 aliphatic heterocycles. The van der Waals surface area contributed by atoms with E-state index in [1.807, 2.05) is 0 Å². The van der Waals surface area contributed by atoms with Crippen molar-refractivity contribution in [1.82, 2.24) is 0 Å². The van der Waals surface area contributed by atoms with Crippen molar-refractivity contribution >= 4 is 88.7 Å². The molecule has 59 heteroatoms. The van der Waals surface area contributed by atoms with Crippen LogP contribution >= 0.6 is 0 Å². The molecule has 0 rings (SSSR count). The Bertz CT molecular complexity index is 17.1. The summed E-state index contributed by atoms with van der Waals surface area (Å²) in [5, 5.41) is 0. The van der Waals surface area contributed by atoms with Crippen molar-refractivity contribution in [2.24, 2.45) is 0 Å². The fraction of sp³-hybridized carbons (Fsp3) is 0. The first kappa shape index (κ1) is 357000. The molecule has 0 saturated carbocycles. The van der Waals surface area contributed by atoms with E-state index in [2.05, 4.69) is 0 Å². The van der Waals surface area contributed by atoms with E-state index in [9.17, 15) is 0 Å². The molecule has 454 valence electrons. The van der Waals surface area contributed by atoms with Crippen LogP contribution in [-0.2, 0) is 0 Å². The molecule has 0 heterocycles. The maximum absolute atomic E-state index is 0. The average Bonchev–Trinajstić information content (AvgIpc) is 0. The summed E-state index contributed by atoms with van der Waals surface area (Å²) in [5.41, 5.74) is 0. The molecule has 0 atom stereocenters. The van der Waals surface area contributed by atoms with Crippen molar-refractivity contribution in [3.05, 3.63) is 0 Å². The standard InChI is InChI=1S/3Na.56H2O.3H/h;;;56*1H2;;;. The van der Waals surface area contributed by atoms with Gasteiger partial charge in [-0.15, -0.1) is 0 Å². The van der Waals surface area contributed by atoms with Crippen molar-refractivity contribution < 1.29 is 307 Å². The molecule has 0 unspecified atom stereocenters. The van der Waals surface area contributed by atoms with Crippen LogP contribution in [0.4, 0.5) is 0 Å². The van der Waals surface area contributed by atoms with Crippen LogP contribution in [0, 0.1) is 0 Å². The molecule has 0 aliphatic rings. The first-order valence-electron chi connectivity index (χ1n) is 0. The van der Waals surface area contributed by atoms with Crippen LogP contribution in [0.5, 0.6) is 0 Å². The van der Waals surface area contributed by atoms with Gasteiger partial charge in [-0.2, -0.15) is 0 Å². The van der Waals surface area contributed by atoms with Gasteiger partial charge in [-0.1, -0.05) is 0 Å².